The number of hydrogen-bond donors (Lipinski definition) is 3. The summed E-state index contributed by atoms with van der Waals surface area (Å²) in [6.45, 7) is -1.33. The van der Waals surface area contributed by atoms with Crippen LogP contribution >= 0.6 is 12.0 Å². The van der Waals surface area contributed by atoms with E-state index in [2.05, 4.69) is 25.0 Å². The summed E-state index contributed by atoms with van der Waals surface area (Å²) in [6.07, 6.45) is 0.144. The van der Waals surface area contributed by atoms with Crippen LogP contribution in [0.15, 0.2) is 5.70 Å². The first-order valence-corrected chi connectivity index (χ1v) is 8.51. The van der Waals surface area contributed by atoms with E-state index in [0.717, 1.165) is 12.0 Å². The van der Waals surface area contributed by atoms with Crippen molar-refractivity contribution in [1.82, 2.24) is 21.0 Å². The molecule has 0 spiro atoms. The molecule has 0 atom stereocenters. The summed E-state index contributed by atoms with van der Waals surface area (Å²) < 4.78 is 4.63. The number of rotatable bonds is 10. The Balaban J connectivity index is 2.22. The molecule has 0 saturated carbocycles. The molecule has 0 aromatic rings. The average molecular weight is 402 g/mol. The molecule has 1 fully saturated rings. The molecule has 12 nitrogen and oxygen atoms in total. The standard InChI is InChI=1S/C14H18N4O8S/c1-25-27-8-12(22)16-5-10(20)15-4-11(21)17-6-14(24)26-18-9(7-19)2-3-13(18)23/h2-6,8H2,1H3,(H,15,20)(H,16,22)(H,17,21). The van der Waals surface area contributed by atoms with Crippen LogP contribution in [0, 0.1) is 0 Å². The topological polar surface area (TPSA) is 160 Å². The Bertz CT molecular complexity index is 662. The highest BCUT2D eigenvalue weighted by atomic mass is 32.2. The molecule has 1 rings (SSSR count). The summed E-state index contributed by atoms with van der Waals surface area (Å²) in [5.74, 6) is -1.73. The van der Waals surface area contributed by atoms with Gasteiger partial charge in [-0.1, -0.05) is 0 Å². The lowest BCUT2D eigenvalue weighted by molar-refractivity contribution is -0.185. The third-order valence-electron chi connectivity index (χ3n) is 2.99. The van der Waals surface area contributed by atoms with Crippen LogP contribution in [-0.2, 0) is 37.8 Å². The first kappa shape index (κ1) is 22.2. The summed E-state index contributed by atoms with van der Waals surface area (Å²) in [4.78, 5) is 72.6. The van der Waals surface area contributed by atoms with E-state index in [1.807, 2.05) is 0 Å². The summed E-state index contributed by atoms with van der Waals surface area (Å²) in [5, 5.41) is 7.28. The fraction of sp³-hybridized carbons (Fsp3) is 0.500. The van der Waals surface area contributed by atoms with Gasteiger partial charge in [-0.05, 0) is 0 Å². The van der Waals surface area contributed by atoms with E-state index in [4.69, 9.17) is 0 Å². The highest BCUT2D eigenvalue weighted by molar-refractivity contribution is 7.95. The summed E-state index contributed by atoms with van der Waals surface area (Å²) in [6, 6.07) is 0. The van der Waals surface area contributed by atoms with Crippen LogP contribution in [0.3, 0.4) is 0 Å². The molecule has 4 amide bonds. The molecular formula is C14H18N4O8S. The smallest absolute Gasteiger partial charge is 0.346 e. The Kier molecular flexibility index (Phi) is 9.58. The van der Waals surface area contributed by atoms with Gasteiger partial charge in [0.05, 0.1) is 26.0 Å². The van der Waals surface area contributed by atoms with Gasteiger partial charge in [-0.25, -0.2) is 9.59 Å². The van der Waals surface area contributed by atoms with Gasteiger partial charge in [0, 0.05) is 24.9 Å². The van der Waals surface area contributed by atoms with Crippen molar-refractivity contribution >= 4 is 47.6 Å². The fourth-order valence-electron chi connectivity index (χ4n) is 1.73. The number of allylic oxidation sites excluding steroid dienone is 1. The van der Waals surface area contributed by atoms with E-state index < -0.39 is 42.7 Å². The SMILES string of the molecule is COSCC(=O)NCC(=O)NCC(=O)NCC(=O)ON1C(=O)CCC1=C=O. The quantitative estimate of drug-likeness (QED) is 0.263. The largest absolute Gasteiger partial charge is 0.352 e. The maximum Gasteiger partial charge on any atom is 0.352 e. The van der Waals surface area contributed by atoms with Gasteiger partial charge < -0.3 is 25.0 Å². The zero-order chi connectivity index (χ0) is 20.2. The van der Waals surface area contributed by atoms with Gasteiger partial charge in [0.1, 0.15) is 18.2 Å². The van der Waals surface area contributed by atoms with E-state index in [1.54, 1.807) is 0 Å². The minimum atomic E-state index is -0.972. The van der Waals surface area contributed by atoms with Crippen molar-refractivity contribution in [3.63, 3.8) is 0 Å². The Morgan fingerprint density at radius 3 is 2.22 bits per heavy atom. The first-order chi connectivity index (χ1) is 12.9. The average Bonchev–Trinajstić information content (AvgIpc) is 3.00. The van der Waals surface area contributed by atoms with Gasteiger partial charge in [-0.2, -0.15) is 0 Å². The van der Waals surface area contributed by atoms with Crippen molar-refractivity contribution in [2.24, 2.45) is 0 Å². The minimum Gasteiger partial charge on any atom is -0.346 e. The second-order valence-corrected chi connectivity index (χ2v) is 5.82. The number of amides is 4. The number of hydroxylamine groups is 2. The van der Waals surface area contributed by atoms with Gasteiger partial charge >= 0.3 is 5.97 Å². The van der Waals surface area contributed by atoms with Gasteiger partial charge in [0.25, 0.3) is 5.91 Å². The summed E-state index contributed by atoms with van der Waals surface area (Å²) >= 11 is 0.909. The predicted octanol–water partition coefficient (Wildman–Crippen LogP) is -2.57. The zero-order valence-electron chi connectivity index (χ0n) is 14.4. The molecule has 3 N–H and O–H groups in total. The van der Waals surface area contributed by atoms with Crippen LogP contribution in [-0.4, -0.2) is 73.1 Å². The molecular weight excluding hydrogens is 384 g/mol. The molecule has 27 heavy (non-hydrogen) atoms. The zero-order valence-corrected chi connectivity index (χ0v) is 15.2. The molecule has 0 unspecified atom stereocenters. The molecule has 0 aromatic heterocycles. The lowest BCUT2D eigenvalue weighted by Crippen LogP contribution is -2.43. The number of nitrogens with zero attached hydrogens (tertiary/aromatic N) is 1. The highest BCUT2D eigenvalue weighted by Crippen LogP contribution is 2.19. The minimum absolute atomic E-state index is 0.0207. The normalized spacial score (nSPS) is 13.0. The Morgan fingerprint density at radius 1 is 1.04 bits per heavy atom. The molecule has 1 heterocycles. The van der Waals surface area contributed by atoms with Gasteiger partial charge in [0.15, 0.2) is 0 Å². The van der Waals surface area contributed by atoms with Gasteiger partial charge in [-0.3, -0.25) is 19.2 Å². The molecule has 1 saturated heterocycles. The third-order valence-corrected chi connectivity index (χ3v) is 3.60. The van der Waals surface area contributed by atoms with Crippen LogP contribution < -0.4 is 16.0 Å². The van der Waals surface area contributed by atoms with Crippen LogP contribution in [0.2, 0.25) is 0 Å². The maximum absolute atomic E-state index is 11.6. The fourth-order valence-corrected chi connectivity index (χ4v) is 2.06. The predicted molar refractivity (Wildman–Crippen MR) is 89.9 cm³/mol. The Labute approximate surface area is 158 Å². The maximum atomic E-state index is 11.6. The van der Waals surface area contributed by atoms with E-state index in [1.165, 1.54) is 13.1 Å². The van der Waals surface area contributed by atoms with E-state index in [-0.39, 0.29) is 30.8 Å². The van der Waals surface area contributed by atoms with Crippen LogP contribution in [0.5, 0.6) is 0 Å². The number of carbonyl (C=O) groups is 5. The molecule has 13 heteroatoms. The molecule has 148 valence electrons. The van der Waals surface area contributed by atoms with Gasteiger partial charge in [0.2, 0.25) is 17.7 Å². The lowest BCUT2D eigenvalue weighted by Gasteiger charge is -2.14. The lowest BCUT2D eigenvalue weighted by atomic mass is 10.3. The second-order valence-electron chi connectivity index (χ2n) is 4.96. The number of hydrogen-bond acceptors (Lipinski definition) is 9. The van der Waals surface area contributed by atoms with Crippen molar-refractivity contribution in [1.29, 1.82) is 0 Å². The van der Waals surface area contributed by atoms with Crippen molar-refractivity contribution in [2.75, 3.05) is 32.5 Å². The van der Waals surface area contributed by atoms with Crippen molar-refractivity contribution in [3.05, 3.63) is 5.70 Å². The molecule has 0 aromatic carbocycles. The van der Waals surface area contributed by atoms with E-state index in [0.29, 0.717) is 5.06 Å². The second kappa shape index (κ2) is 11.7. The Hall–Kier alpha value is -2.89. The Morgan fingerprint density at radius 2 is 1.63 bits per heavy atom. The summed E-state index contributed by atoms with van der Waals surface area (Å²) in [5.41, 5.74) is -0.0992. The van der Waals surface area contributed by atoms with Crippen molar-refractivity contribution in [3.8, 4) is 0 Å². The van der Waals surface area contributed by atoms with Crippen LogP contribution in [0.1, 0.15) is 12.8 Å². The van der Waals surface area contributed by atoms with E-state index >= 15 is 0 Å². The molecule has 1 aliphatic heterocycles. The number of carbonyl (C=O) groups excluding carboxylic acids is 6. The summed E-state index contributed by atoms with van der Waals surface area (Å²) in [7, 11) is 1.40. The van der Waals surface area contributed by atoms with Crippen molar-refractivity contribution in [2.45, 2.75) is 12.8 Å². The monoisotopic (exact) mass is 402 g/mol. The van der Waals surface area contributed by atoms with E-state index in [9.17, 15) is 28.8 Å². The number of nitrogens with one attached hydrogen (secondary N) is 3. The third kappa shape index (κ3) is 8.35. The highest BCUT2D eigenvalue weighted by Gasteiger charge is 2.30. The molecule has 0 aliphatic carbocycles. The van der Waals surface area contributed by atoms with Crippen LogP contribution in [0.25, 0.3) is 0 Å². The van der Waals surface area contributed by atoms with Crippen molar-refractivity contribution < 1.29 is 37.8 Å². The molecule has 1 aliphatic rings. The van der Waals surface area contributed by atoms with Crippen LogP contribution in [0.4, 0.5) is 0 Å². The van der Waals surface area contributed by atoms with Gasteiger partial charge in [-0.15, -0.1) is 5.06 Å². The molecule has 0 bridgehead atoms. The first-order valence-electron chi connectivity index (χ1n) is 7.60. The molecule has 0 radical (unpaired) electrons.